The highest BCUT2D eigenvalue weighted by molar-refractivity contribution is 7.17. The Morgan fingerprint density at radius 1 is 1.38 bits per heavy atom. The lowest BCUT2D eigenvalue weighted by molar-refractivity contribution is 0.0686. The van der Waals surface area contributed by atoms with Crippen LogP contribution in [-0.2, 0) is 6.42 Å². The molecule has 4 rings (SSSR count). The minimum absolute atomic E-state index is 0.0916. The molecule has 2 atom stereocenters. The number of anilines is 1. The number of aromatic carboxylic acids is 1. The first-order valence-electron chi connectivity index (χ1n) is 8.43. The summed E-state index contributed by atoms with van der Waals surface area (Å²) in [4.78, 5) is 39.7. The number of halogens is 1. The topological polar surface area (TPSA) is 102 Å². The first-order chi connectivity index (χ1) is 12.4. The molecule has 2 N–H and O–H groups in total. The third-order valence-corrected chi connectivity index (χ3v) is 6.56. The maximum Gasteiger partial charge on any atom is 0.347 e. The molecule has 0 aliphatic carbocycles. The number of amides is 1. The van der Waals surface area contributed by atoms with Gasteiger partial charge in [-0.25, -0.2) is 14.8 Å². The number of carboxylic acid groups (broad SMARTS) is 1. The van der Waals surface area contributed by atoms with E-state index in [0.717, 1.165) is 12.1 Å². The van der Waals surface area contributed by atoms with E-state index >= 15 is 0 Å². The van der Waals surface area contributed by atoms with E-state index in [1.165, 1.54) is 11.3 Å². The smallest absolute Gasteiger partial charge is 0.347 e. The van der Waals surface area contributed by atoms with Crippen molar-refractivity contribution in [2.75, 3.05) is 18.0 Å². The number of H-pyrrole nitrogens is 1. The fourth-order valence-electron chi connectivity index (χ4n) is 3.66. The molecule has 2 fully saturated rings. The number of hydrogen-bond acceptors (Lipinski definition) is 6. The van der Waals surface area contributed by atoms with Crippen LogP contribution in [0.1, 0.15) is 45.0 Å². The van der Waals surface area contributed by atoms with Crippen molar-refractivity contribution in [2.24, 2.45) is 0 Å². The van der Waals surface area contributed by atoms with E-state index in [1.54, 1.807) is 6.92 Å². The maximum atomic E-state index is 12.8. The summed E-state index contributed by atoms with van der Waals surface area (Å²) in [6, 6.07) is 0.260. The molecular formula is C16H18ClN5O3S. The third-order valence-electron chi connectivity index (χ3n) is 5.06. The molecular weight excluding hydrogens is 378 g/mol. The molecule has 2 aromatic heterocycles. The lowest BCUT2D eigenvalue weighted by atomic mass is 9.98. The van der Waals surface area contributed by atoms with Crippen LogP contribution in [-0.4, -0.2) is 62.0 Å². The second-order valence-electron chi connectivity index (χ2n) is 6.50. The van der Waals surface area contributed by atoms with E-state index in [9.17, 15) is 14.7 Å². The van der Waals surface area contributed by atoms with Gasteiger partial charge in [0.1, 0.15) is 4.88 Å². The Bertz CT molecular complexity index is 895. The molecule has 1 amide bonds. The van der Waals surface area contributed by atoms with Crippen LogP contribution in [0.5, 0.6) is 0 Å². The number of fused-ring (bicyclic) bond motifs is 1. The normalized spacial score (nSPS) is 21.7. The summed E-state index contributed by atoms with van der Waals surface area (Å²) in [5.41, 5.74) is 1.30. The predicted octanol–water partition coefficient (Wildman–Crippen LogP) is 2.19. The van der Waals surface area contributed by atoms with Crippen molar-refractivity contribution >= 4 is 39.9 Å². The van der Waals surface area contributed by atoms with E-state index in [1.807, 2.05) is 11.8 Å². The van der Waals surface area contributed by atoms with Crippen molar-refractivity contribution in [3.63, 3.8) is 0 Å². The van der Waals surface area contributed by atoms with Crippen LogP contribution >= 0.6 is 22.9 Å². The number of aryl methyl sites for hydroxylation is 2. The van der Waals surface area contributed by atoms with Crippen LogP contribution in [0, 0.1) is 6.92 Å². The van der Waals surface area contributed by atoms with Gasteiger partial charge in [-0.2, -0.15) is 0 Å². The molecule has 1 unspecified atom stereocenters. The molecule has 0 spiro atoms. The summed E-state index contributed by atoms with van der Waals surface area (Å²) in [5.74, 6) is -0.808. The number of hydrogen-bond donors (Lipinski definition) is 2. The largest absolute Gasteiger partial charge is 0.477 e. The van der Waals surface area contributed by atoms with E-state index < -0.39 is 5.97 Å². The van der Waals surface area contributed by atoms with Gasteiger partial charge in [0, 0.05) is 13.1 Å². The number of nitrogens with one attached hydrogen (secondary N) is 1. The van der Waals surface area contributed by atoms with Gasteiger partial charge < -0.3 is 19.9 Å². The molecule has 0 bridgehead atoms. The van der Waals surface area contributed by atoms with Crippen LogP contribution in [0.25, 0.3) is 0 Å². The van der Waals surface area contributed by atoms with E-state index in [-0.39, 0.29) is 28.7 Å². The third kappa shape index (κ3) is 2.57. The second kappa shape index (κ2) is 6.24. The molecule has 26 heavy (non-hydrogen) atoms. The van der Waals surface area contributed by atoms with Crippen molar-refractivity contribution in [1.82, 2.24) is 19.9 Å². The number of likely N-dealkylation sites (tertiary alicyclic amines) is 1. The standard InChI is InChI=1S/C16H18ClN5O3S/c1-3-8-12(17)20-13(19-8)14(23)21-5-4-9-10(21)6-22(9)16-18-7(2)11(26-16)15(24)25/h9-10H,3-6H2,1-2H3,(H,19,20)(H,24,25)/t9?,10-/m1/s1. The van der Waals surface area contributed by atoms with Crippen LogP contribution in [0.3, 0.4) is 0 Å². The fraction of sp³-hybridized carbons (Fsp3) is 0.500. The van der Waals surface area contributed by atoms with Crippen molar-refractivity contribution in [3.05, 3.63) is 27.2 Å². The Morgan fingerprint density at radius 2 is 2.15 bits per heavy atom. The molecule has 8 nitrogen and oxygen atoms in total. The molecule has 2 aromatic rings. The summed E-state index contributed by atoms with van der Waals surface area (Å²) in [5, 5.41) is 10.3. The van der Waals surface area contributed by atoms with Crippen molar-refractivity contribution in [3.8, 4) is 0 Å². The van der Waals surface area contributed by atoms with E-state index in [0.29, 0.717) is 35.5 Å². The molecule has 0 saturated carbocycles. The molecule has 0 radical (unpaired) electrons. The molecule has 138 valence electrons. The maximum absolute atomic E-state index is 12.8. The highest BCUT2D eigenvalue weighted by Crippen LogP contribution is 2.39. The van der Waals surface area contributed by atoms with Gasteiger partial charge in [0.05, 0.1) is 23.5 Å². The molecule has 4 heterocycles. The lowest BCUT2D eigenvalue weighted by Gasteiger charge is -2.46. The number of aromatic amines is 1. The van der Waals surface area contributed by atoms with Gasteiger partial charge in [-0.1, -0.05) is 29.9 Å². The summed E-state index contributed by atoms with van der Waals surface area (Å²) in [6.07, 6.45) is 1.51. The Labute approximate surface area is 158 Å². The monoisotopic (exact) mass is 395 g/mol. The average molecular weight is 396 g/mol. The second-order valence-corrected chi connectivity index (χ2v) is 7.83. The number of aromatic nitrogens is 3. The predicted molar refractivity (Wildman–Crippen MR) is 97.4 cm³/mol. The van der Waals surface area contributed by atoms with Crippen LogP contribution in [0.2, 0.25) is 5.15 Å². The SMILES string of the molecule is CCc1[nH]c(C(=O)N2CCC3[C@H]2CN3c2nc(C)c(C(=O)O)s2)nc1Cl. The van der Waals surface area contributed by atoms with Gasteiger partial charge in [0.15, 0.2) is 16.1 Å². The van der Waals surface area contributed by atoms with Crippen molar-refractivity contribution < 1.29 is 14.7 Å². The van der Waals surface area contributed by atoms with Gasteiger partial charge in [0.25, 0.3) is 5.91 Å². The number of carboxylic acids is 1. The Morgan fingerprint density at radius 3 is 2.77 bits per heavy atom. The minimum Gasteiger partial charge on any atom is -0.477 e. The molecule has 0 aromatic carbocycles. The zero-order chi connectivity index (χ0) is 18.6. The minimum atomic E-state index is -0.951. The Hall–Kier alpha value is -2.13. The summed E-state index contributed by atoms with van der Waals surface area (Å²) in [6.45, 7) is 4.94. The quantitative estimate of drug-likeness (QED) is 0.822. The summed E-state index contributed by atoms with van der Waals surface area (Å²) < 4.78 is 0. The number of carbonyl (C=O) groups excluding carboxylic acids is 1. The molecule has 2 saturated heterocycles. The first-order valence-corrected chi connectivity index (χ1v) is 9.62. The number of carbonyl (C=O) groups is 2. The Kier molecular flexibility index (Phi) is 4.15. The zero-order valence-electron chi connectivity index (χ0n) is 14.3. The first kappa shape index (κ1) is 17.3. The lowest BCUT2D eigenvalue weighted by Crippen LogP contribution is -2.63. The van der Waals surface area contributed by atoms with E-state index in [4.69, 9.17) is 11.6 Å². The number of imidazole rings is 1. The average Bonchev–Trinajstić information content (AvgIpc) is 3.23. The van der Waals surface area contributed by atoms with Gasteiger partial charge in [-0.05, 0) is 19.8 Å². The van der Waals surface area contributed by atoms with Crippen molar-refractivity contribution in [2.45, 2.75) is 38.8 Å². The summed E-state index contributed by atoms with van der Waals surface area (Å²) >= 11 is 7.24. The number of nitrogens with zero attached hydrogens (tertiary/aromatic N) is 4. The number of rotatable bonds is 4. The van der Waals surface area contributed by atoms with Crippen LogP contribution < -0.4 is 4.90 Å². The molecule has 10 heteroatoms. The highest BCUT2D eigenvalue weighted by atomic mass is 35.5. The van der Waals surface area contributed by atoms with Gasteiger partial charge in [-0.3, -0.25) is 4.79 Å². The van der Waals surface area contributed by atoms with Gasteiger partial charge in [-0.15, -0.1) is 0 Å². The van der Waals surface area contributed by atoms with Gasteiger partial charge >= 0.3 is 5.97 Å². The fourth-order valence-corrected chi connectivity index (χ4v) is 4.89. The zero-order valence-corrected chi connectivity index (χ0v) is 15.9. The van der Waals surface area contributed by atoms with Crippen LogP contribution in [0.15, 0.2) is 0 Å². The number of thiazole rings is 1. The van der Waals surface area contributed by atoms with Crippen molar-refractivity contribution in [1.29, 1.82) is 0 Å². The van der Waals surface area contributed by atoms with E-state index in [2.05, 4.69) is 19.9 Å². The molecule has 2 aliphatic rings. The highest BCUT2D eigenvalue weighted by Gasteiger charge is 2.50. The Balaban J connectivity index is 1.49. The molecule has 2 aliphatic heterocycles. The van der Waals surface area contributed by atoms with Gasteiger partial charge in [0.2, 0.25) is 0 Å². The van der Waals surface area contributed by atoms with Crippen LogP contribution in [0.4, 0.5) is 5.13 Å². The summed E-state index contributed by atoms with van der Waals surface area (Å²) in [7, 11) is 0.